The summed E-state index contributed by atoms with van der Waals surface area (Å²) in [6.07, 6.45) is 3.72. The van der Waals surface area contributed by atoms with E-state index in [9.17, 15) is 4.79 Å². The summed E-state index contributed by atoms with van der Waals surface area (Å²) in [6, 6.07) is 0. The second-order valence-corrected chi connectivity index (χ2v) is 6.88. The number of nitrogens with zero attached hydrogens (tertiary/aromatic N) is 4. The first-order valence-electron chi connectivity index (χ1n) is 6.99. The standard InChI is InChI=1S/C14H16N6O2S/c1-14(2,3)12(21)19-13-17-9(7-23-13)4-10-18-11(20-22-10)8-5-15-16-6-8/h5-7H,4H2,1-3H3,(H,15,16)(H,17,19,21). The number of nitrogens with one attached hydrogen (secondary N) is 2. The van der Waals surface area contributed by atoms with Crippen molar-refractivity contribution in [2.45, 2.75) is 27.2 Å². The summed E-state index contributed by atoms with van der Waals surface area (Å²) in [5.41, 5.74) is 1.07. The number of carbonyl (C=O) groups is 1. The molecule has 3 aromatic rings. The number of carbonyl (C=O) groups excluding carboxylic acids is 1. The Balaban J connectivity index is 1.66. The number of aromatic amines is 1. The quantitative estimate of drug-likeness (QED) is 0.759. The second kappa shape index (κ2) is 5.92. The van der Waals surface area contributed by atoms with Crippen molar-refractivity contribution in [2.24, 2.45) is 5.41 Å². The lowest BCUT2D eigenvalue weighted by Crippen LogP contribution is -2.27. The molecule has 0 aliphatic heterocycles. The highest BCUT2D eigenvalue weighted by atomic mass is 32.1. The van der Waals surface area contributed by atoms with Gasteiger partial charge in [0.1, 0.15) is 0 Å². The minimum Gasteiger partial charge on any atom is -0.339 e. The van der Waals surface area contributed by atoms with E-state index < -0.39 is 5.41 Å². The summed E-state index contributed by atoms with van der Waals surface area (Å²) < 4.78 is 5.21. The number of hydrogen-bond acceptors (Lipinski definition) is 7. The third-order valence-electron chi connectivity index (χ3n) is 3.01. The Morgan fingerprint density at radius 2 is 2.22 bits per heavy atom. The predicted molar refractivity (Wildman–Crippen MR) is 84.9 cm³/mol. The van der Waals surface area contributed by atoms with E-state index in [1.54, 1.807) is 12.4 Å². The van der Waals surface area contributed by atoms with Gasteiger partial charge in [-0.15, -0.1) is 11.3 Å². The number of rotatable bonds is 4. The number of amides is 1. The van der Waals surface area contributed by atoms with Gasteiger partial charge in [0, 0.05) is 17.0 Å². The maximum absolute atomic E-state index is 11.9. The minimum atomic E-state index is -0.461. The van der Waals surface area contributed by atoms with Gasteiger partial charge in [-0.25, -0.2) is 4.98 Å². The van der Waals surface area contributed by atoms with Crippen LogP contribution in [0.3, 0.4) is 0 Å². The van der Waals surface area contributed by atoms with Crippen molar-refractivity contribution in [3.05, 3.63) is 29.4 Å². The summed E-state index contributed by atoms with van der Waals surface area (Å²) in [5.74, 6) is 0.865. The fraction of sp³-hybridized carbons (Fsp3) is 0.357. The molecular formula is C14H16N6O2S. The van der Waals surface area contributed by atoms with Crippen LogP contribution in [-0.2, 0) is 11.2 Å². The first-order chi connectivity index (χ1) is 10.9. The summed E-state index contributed by atoms with van der Waals surface area (Å²) >= 11 is 1.37. The average molecular weight is 332 g/mol. The van der Waals surface area contributed by atoms with Gasteiger partial charge in [0.25, 0.3) is 0 Å². The Morgan fingerprint density at radius 1 is 1.39 bits per heavy atom. The highest BCUT2D eigenvalue weighted by molar-refractivity contribution is 7.13. The second-order valence-electron chi connectivity index (χ2n) is 6.02. The van der Waals surface area contributed by atoms with Crippen molar-refractivity contribution in [1.82, 2.24) is 25.3 Å². The molecule has 3 heterocycles. The van der Waals surface area contributed by atoms with Crippen LogP contribution in [0.15, 0.2) is 22.3 Å². The van der Waals surface area contributed by atoms with Crippen molar-refractivity contribution < 1.29 is 9.32 Å². The SMILES string of the molecule is CC(C)(C)C(=O)Nc1nc(Cc2nc(-c3cn[nH]c3)no2)cs1. The lowest BCUT2D eigenvalue weighted by Gasteiger charge is -2.15. The Kier molecular flexibility index (Phi) is 3.95. The zero-order chi connectivity index (χ0) is 16.4. The highest BCUT2D eigenvalue weighted by Gasteiger charge is 2.22. The molecular weight excluding hydrogens is 316 g/mol. The molecule has 23 heavy (non-hydrogen) atoms. The molecule has 3 rings (SSSR count). The molecule has 0 aliphatic carbocycles. The fourth-order valence-corrected chi connectivity index (χ4v) is 2.41. The molecule has 0 aromatic carbocycles. The van der Waals surface area contributed by atoms with Gasteiger partial charge in [-0.05, 0) is 0 Å². The fourth-order valence-electron chi connectivity index (χ4n) is 1.70. The number of thiazole rings is 1. The minimum absolute atomic E-state index is 0.0709. The van der Waals surface area contributed by atoms with E-state index in [-0.39, 0.29) is 5.91 Å². The molecule has 1 amide bonds. The van der Waals surface area contributed by atoms with Crippen molar-refractivity contribution in [3.63, 3.8) is 0 Å². The zero-order valence-corrected chi connectivity index (χ0v) is 13.8. The van der Waals surface area contributed by atoms with Gasteiger partial charge >= 0.3 is 0 Å². The van der Waals surface area contributed by atoms with Gasteiger partial charge in [0.05, 0.1) is 23.9 Å². The molecule has 0 radical (unpaired) electrons. The van der Waals surface area contributed by atoms with Crippen molar-refractivity contribution in [1.29, 1.82) is 0 Å². The molecule has 8 nitrogen and oxygen atoms in total. The molecule has 0 saturated heterocycles. The van der Waals surface area contributed by atoms with Crippen LogP contribution in [0.5, 0.6) is 0 Å². The largest absolute Gasteiger partial charge is 0.339 e. The van der Waals surface area contributed by atoms with E-state index in [1.165, 1.54) is 11.3 Å². The summed E-state index contributed by atoms with van der Waals surface area (Å²) in [6.45, 7) is 5.56. The molecule has 0 saturated carbocycles. The Labute approximate surface area is 136 Å². The highest BCUT2D eigenvalue weighted by Crippen LogP contribution is 2.22. The lowest BCUT2D eigenvalue weighted by molar-refractivity contribution is -0.123. The summed E-state index contributed by atoms with van der Waals surface area (Å²) in [5, 5.41) is 15.7. The Bertz CT molecular complexity index is 799. The smallest absolute Gasteiger partial charge is 0.233 e. The maximum atomic E-state index is 11.9. The summed E-state index contributed by atoms with van der Waals surface area (Å²) in [7, 11) is 0. The van der Waals surface area contributed by atoms with Crippen molar-refractivity contribution in [2.75, 3.05) is 5.32 Å². The van der Waals surface area contributed by atoms with Crippen LogP contribution < -0.4 is 5.32 Å². The average Bonchev–Trinajstić information content (AvgIpc) is 3.19. The van der Waals surface area contributed by atoms with E-state index in [2.05, 4.69) is 30.6 Å². The molecule has 0 atom stereocenters. The van der Waals surface area contributed by atoms with E-state index in [1.807, 2.05) is 26.2 Å². The third-order valence-corrected chi connectivity index (χ3v) is 3.82. The molecule has 0 unspecified atom stereocenters. The van der Waals surface area contributed by atoms with Gasteiger partial charge in [0.2, 0.25) is 17.6 Å². The Morgan fingerprint density at radius 3 is 2.91 bits per heavy atom. The van der Waals surface area contributed by atoms with Gasteiger partial charge in [-0.3, -0.25) is 9.89 Å². The normalized spacial score (nSPS) is 11.6. The third kappa shape index (κ3) is 3.62. The van der Waals surface area contributed by atoms with Crippen LogP contribution in [0.2, 0.25) is 0 Å². The van der Waals surface area contributed by atoms with Crippen molar-refractivity contribution in [3.8, 4) is 11.4 Å². The van der Waals surface area contributed by atoms with Gasteiger partial charge in [0.15, 0.2) is 5.13 Å². The number of hydrogen-bond donors (Lipinski definition) is 2. The van der Waals surface area contributed by atoms with E-state index in [0.29, 0.717) is 23.3 Å². The molecule has 2 N–H and O–H groups in total. The topological polar surface area (TPSA) is 110 Å². The summed E-state index contributed by atoms with van der Waals surface area (Å²) in [4.78, 5) is 20.6. The van der Waals surface area contributed by atoms with E-state index >= 15 is 0 Å². The van der Waals surface area contributed by atoms with Crippen LogP contribution in [0.25, 0.3) is 11.4 Å². The molecule has 0 bridgehead atoms. The van der Waals surface area contributed by atoms with Gasteiger partial charge in [-0.2, -0.15) is 10.1 Å². The number of anilines is 1. The van der Waals surface area contributed by atoms with Crippen LogP contribution in [0, 0.1) is 5.41 Å². The van der Waals surface area contributed by atoms with Crippen LogP contribution >= 0.6 is 11.3 Å². The predicted octanol–water partition coefficient (Wildman–Crippen LogP) is 2.49. The lowest BCUT2D eigenvalue weighted by atomic mass is 9.96. The van der Waals surface area contributed by atoms with Gasteiger partial charge in [-0.1, -0.05) is 25.9 Å². The van der Waals surface area contributed by atoms with Crippen LogP contribution in [0.1, 0.15) is 32.4 Å². The first-order valence-corrected chi connectivity index (χ1v) is 7.87. The van der Waals surface area contributed by atoms with Crippen LogP contribution in [-0.4, -0.2) is 31.2 Å². The Hall–Kier alpha value is -2.55. The first kappa shape index (κ1) is 15.3. The molecule has 0 spiro atoms. The molecule has 0 fully saturated rings. The van der Waals surface area contributed by atoms with Gasteiger partial charge < -0.3 is 9.84 Å². The van der Waals surface area contributed by atoms with Crippen molar-refractivity contribution >= 4 is 22.4 Å². The molecule has 0 aliphatic rings. The number of H-pyrrole nitrogens is 1. The van der Waals surface area contributed by atoms with E-state index in [4.69, 9.17) is 4.52 Å². The molecule has 9 heteroatoms. The van der Waals surface area contributed by atoms with Crippen LogP contribution in [0.4, 0.5) is 5.13 Å². The van der Waals surface area contributed by atoms with E-state index in [0.717, 1.165) is 11.3 Å². The zero-order valence-electron chi connectivity index (χ0n) is 13.0. The maximum Gasteiger partial charge on any atom is 0.233 e. The number of aromatic nitrogens is 5. The molecule has 3 aromatic heterocycles. The molecule has 120 valence electrons. The monoisotopic (exact) mass is 332 g/mol.